The van der Waals surface area contributed by atoms with Crippen molar-refractivity contribution in [2.24, 2.45) is 0 Å². The smallest absolute Gasteiger partial charge is 0.406 e. The van der Waals surface area contributed by atoms with Gasteiger partial charge in [0.25, 0.3) is 5.91 Å². The number of hydrogen-bond acceptors (Lipinski definition) is 4. The minimum absolute atomic E-state index is 0.0438. The van der Waals surface area contributed by atoms with Crippen molar-refractivity contribution >= 4 is 5.91 Å². The molecule has 0 aromatic heterocycles. The summed E-state index contributed by atoms with van der Waals surface area (Å²) >= 11 is 0. The van der Waals surface area contributed by atoms with E-state index in [0.717, 1.165) is 25.0 Å². The Hall–Kier alpha value is -1.80. The molecule has 3 atom stereocenters. The van der Waals surface area contributed by atoms with Crippen LogP contribution in [0.25, 0.3) is 0 Å². The molecule has 1 aliphatic carbocycles. The highest BCUT2D eigenvalue weighted by Gasteiger charge is 2.35. The molecule has 1 aromatic rings. The van der Waals surface area contributed by atoms with Gasteiger partial charge in [-0.3, -0.25) is 4.79 Å². The monoisotopic (exact) mass is 345 g/mol. The normalized spacial score (nSPS) is 27.2. The molecule has 8 heteroatoms. The number of rotatable bonds is 3. The topological polar surface area (TPSA) is 56.8 Å². The van der Waals surface area contributed by atoms with E-state index in [1.54, 1.807) is 0 Å². The van der Waals surface area contributed by atoms with Gasteiger partial charge in [-0.2, -0.15) is 0 Å². The molecule has 1 N–H and O–H groups in total. The summed E-state index contributed by atoms with van der Waals surface area (Å²) in [4.78, 5) is 12.3. The summed E-state index contributed by atoms with van der Waals surface area (Å²) in [7, 11) is 0. The highest BCUT2D eigenvalue weighted by atomic mass is 19.4. The summed E-state index contributed by atoms with van der Waals surface area (Å²) in [6, 6.07) is 4.94. The lowest BCUT2D eigenvalue weighted by molar-refractivity contribution is -0.274. The number of alkyl halides is 3. The van der Waals surface area contributed by atoms with E-state index in [1.807, 2.05) is 0 Å². The van der Waals surface area contributed by atoms with E-state index < -0.39 is 18.0 Å². The fourth-order valence-electron chi connectivity index (χ4n) is 3.10. The van der Waals surface area contributed by atoms with Crippen LogP contribution in [0.1, 0.15) is 29.6 Å². The predicted molar refractivity (Wildman–Crippen MR) is 77.7 cm³/mol. The van der Waals surface area contributed by atoms with Gasteiger partial charge in [0, 0.05) is 11.6 Å². The number of ether oxygens (including phenoxy) is 3. The zero-order valence-electron chi connectivity index (χ0n) is 12.8. The standard InChI is InChI=1S/C16H18F3NO4/c17-16(18,19)24-12-3-1-2-10(8-12)15(21)20-11-4-5-13-14(9-11)23-7-6-22-13/h1-3,8,11,13-14H,4-7,9H2,(H,20,21)/t11-,13-,14-/m1/s1. The van der Waals surface area contributed by atoms with E-state index in [2.05, 4.69) is 10.1 Å². The zero-order chi connectivity index (χ0) is 17.2. The van der Waals surface area contributed by atoms with Crippen molar-refractivity contribution in [3.05, 3.63) is 29.8 Å². The fourth-order valence-corrected chi connectivity index (χ4v) is 3.10. The third kappa shape index (κ3) is 4.39. The number of hydrogen-bond donors (Lipinski definition) is 1. The molecule has 1 aromatic carbocycles. The van der Waals surface area contributed by atoms with Crippen molar-refractivity contribution in [1.82, 2.24) is 5.32 Å². The lowest BCUT2D eigenvalue weighted by Crippen LogP contribution is -2.49. The number of nitrogens with one attached hydrogen (secondary N) is 1. The maximum atomic E-state index is 12.3. The van der Waals surface area contributed by atoms with Crippen molar-refractivity contribution in [3.8, 4) is 5.75 Å². The number of fused-ring (bicyclic) bond motifs is 1. The molecule has 0 spiro atoms. The molecular formula is C16H18F3NO4. The Bertz CT molecular complexity index is 593. The van der Waals surface area contributed by atoms with E-state index in [4.69, 9.17) is 9.47 Å². The lowest BCUT2D eigenvalue weighted by Gasteiger charge is -2.39. The van der Waals surface area contributed by atoms with Crippen molar-refractivity contribution in [2.75, 3.05) is 13.2 Å². The molecule has 2 fully saturated rings. The van der Waals surface area contributed by atoms with Crippen LogP contribution in [0.15, 0.2) is 24.3 Å². The lowest BCUT2D eigenvalue weighted by atomic mass is 9.89. The molecule has 1 saturated heterocycles. The van der Waals surface area contributed by atoms with Crippen LogP contribution in [-0.2, 0) is 9.47 Å². The average Bonchev–Trinajstić information content (AvgIpc) is 2.53. The van der Waals surface area contributed by atoms with Gasteiger partial charge in [0.15, 0.2) is 0 Å². The molecular weight excluding hydrogens is 327 g/mol. The van der Waals surface area contributed by atoms with E-state index >= 15 is 0 Å². The van der Waals surface area contributed by atoms with Crippen LogP contribution in [0.3, 0.4) is 0 Å². The van der Waals surface area contributed by atoms with Crippen molar-refractivity contribution < 1.29 is 32.2 Å². The third-order valence-corrected chi connectivity index (χ3v) is 4.14. The van der Waals surface area contributed by atoms with Gasteiger partial charge >= 0.3 is 6.36 Å². The van der Waals surface area contributed by atoms with Crippen LogP contribution >= 0.6 is 0 Å². The minimum Gasteiger partial charge on any atom is -0.406 e. The highest BCUT2D eigenvalue weighted by Crippen LogP contribution is 2.27. The predicted octanol–water partition coefficient (Wildman–Crippen LogP) is 2.65. The maximum Gasteiger partial charge on any atom is 0.573 e. The van der Waals surface area contributed by atoms with Crippen LogP contribution in [0.5, 0.6) is 5.75 Å². The summed E-state index contributed by atoms with van der Waals surface area (Å²) in [5.74, 6) is -0.842. The fraction of sp³-hybridized carbons (Fsp3) is 0.562. The van der Waals surface area contributed by atoms with Crippen LogP contribution in [0.4, 0.5) is 13.2 Å². The molecule has 0 bridgehead atoms. The molecule has 1 aliphatic heterocycles. The molecule has 3 rings (SSSR count). The Labute approximate surface area is 137 Å². The molecule has 2 aliphatic rings. The second-order valence-corrected chi connectivity index (χ2v) is 5.88. The number of benzene rings is 1. The summed E-state index contributed by atoms with van der Waals surface area (Å²) in [6.45, 7) is 1.13. The number of amides is 1. The second-order valence-electron chi connectivity index (χ2n) is 5.88. The van der Waals surface area contributed by atoms with E-state index in [0.29, 0.717) is 19.6 Å². The molecule has 1 saturated carbocycles. The Morgan fingerprint density at radius 3 is 2.67 bits per heavy atom. The molecule has 132 valence electrons. The molecule has 0 radical (unpaired) electrons. The van der Waals surface area contributed by atoms with Crippen LogP contribution in [-0.4, -0.2) is 43.7 Å². The zero-order valence-corrected chi connectivity index (χ0v) is 12.8. The summed E-state index contributed by atoms with van der Waals surface area (Å²) < 4.78 is 51.9. The van der Waals surface area contributed by atoms with Gasteiger partial charge in [-0.1, -0.05) is 6.07 Å². The Balaban J connectivity index is 1.59. The maximum absolute atomic E-state index is 12.3. The van der Waals surface area contributed by atoms with E-state index in [1.165, 1.54) is 12.1 Å². The first-order chi connectivity index (χ1) is 11.4. The Morgan fingerprint density at radius 2 is 1.92 bits per heavy atom. The van der Waals surface area contributed by atoms with Gasteiger partial charge in [0.05, 0.1) is 25.4 Å². The number of carbonyl (C=O) groups is 1. The van der Waals surface area contributed by atoms with Crippen molar-refractivity contribution in [3.63, 3.8) is 0 Å². The van der Waals surface area contributed by atoms with Gasteiger partial charge in [0.1, 0.15) is 5.75 Å². The molecule has 24 heavy (non-hydrogen) atoms. The summed E-state index contributed by atoms with van der Waals surface area (Å²) in [5.41, 5.74) is 0.125. The minimum atomic E-state index is -4.79. The van der Waals surface area contributed by atoms with Crippen molar-refractivity contribution in [2.45, 2.75) is 43.9 Å². The van der Waals surface area contributed by atoms with Gasteiger partial charge in [-0.05, 0) is 37.5 Å². The Kier molecular flexibility index (Phi) is 4.96. The largest absolute Gasteiger partial charge is 0.573 e. The Morgan fingerprint density at radius 1 is 1.17 bits per heavy atom. The third-order valence-electron chi connectivity index (χ3n) is 4.14. The number of carbonyl (C=O) groups excluding carboxylic acids is 1. The molecule has 5 nitrogen and oxygen atoms in total. The van der Waals surface area contributed by atoms with Gasteiger partial charge in [-0.25, -0.2) is 0 Å². The first-order valence-electron chi connectivity index (χ1n) is 7.80. The van der Waals surface area contributed by atoms with Crippen LogP contribution in [0.2, 0.25) is 0 Å². The summed E-state index contributed by atoms with van der Waals surface area (Å²) in [5, 5.41) is 2.85. The van der Waals surface area contributed by atoms with E-state index in [9.17, 15) is 18.0 Å². The van der Waals surface area contributed by atoms with Gasteiger partial charge in [-0.15, -0.1) is 13.2 Å². The second kappa shape index (κ2) is 6.98. The first-order valence-corrected chi connectivity index (χ1v) is 7.80. The number of halogens is 3. The van der Waals surface area contributed by atoms with Crippen LogP contribution < -0.4 is 10.1 Å². The average molecular weight is 345 g/mol. The van der Waals surface area contributed by atoms with E-state index in [-0.39, 0.29) is 23.8 Å². The van der Waals surface area contributed by atoms with Gasteiger partial charge < -0.3 is 19.5 Å². The van der Waals surface area contributed by atoms with Crippen LogP contribution in [0, 0.1) is 0 Å². The quantitative estimate of drug-likeness (QED) is 0.915. The summed E-state index contributed by atoms with van der Waals surface area (Å²) in [6.07, 6.45) is -2.60. The highest BCUT2D eigenvalue weighted by molar-refractivity contribution is 5.94. The molecule has 1 amide bonds. The first kappa shape index (κ1) is 17.0. The molecule has 0 unspecified atom stereocenters. The molecule has 1 heterocycles. The van der Waals surface area contributed by atoms with Crippen molar-refractivity contribution in [1.29, 1.82) is 0 Å². The SMILES string of the molecule is O=C(N[C@@H]1CC[C@H]2OCCO[C@@H]2C1)c1cccc(OC(F)(F)F)c1. The van der Waals surface area contributed by atoms with Gasteiger partial charge in [0.2, 0.25) is 0 Å².